The van der Waals surface area contributed by atoms with Crippen molar-refractivity contribution in [3.63, 3.8) is 0 Å². The minimum atomic E-state index is -0.711. The standard InChI is InChI=1S/C74H100O6/c1-5-9-12-15-18-21-24-27-30-33-36-39-42-45-48-51-54-57-60-63-72(75)79-70-66-65-68(69(74(77)78-8-4)62-59-56-53-50-47-44-41-38-35-32-29-26-23-20-17-14-11-7-3)67-71(70)80-73(76)64-61-58-55-52-49-46-43-40-37-34-31-28-25-22-19-16-13-10-6-2/h30-67H,5-29H2,1-4H3. The largest absolute Gasteiger partial charge is 0.462 e. The fraction of sp³-hybridized carbons (Fsp3) is 0.392. The van der Waals surface area contributed by atoms with Gasteiger partial charge in [-0.2, -0.15) is 0 Å². The smallest absolute Gasteiger partial charge is 0.338 e. The number of carbonyl (C=O) groups is 3. The molecule has 0 bridgehead atoms. The molecule has 0 heterocycles. The number of ether oxygens (including phenoxy) is 3. The summed E-state index contributed by atoms with van der Waals surface area (Å²) in [6.45, 7) is 8.63. The Kier molecular flexibility index (Phi) is 50.3. The Morgan fingerprint density at radius 2 is 0.637 bits per heavy atom. The van der Waals surface area contributed by atoms with Gasteiger partial charge < -0.3 is 14.2 Å². The number of hydrogen-bond acceptors (Lipinski definition) is 6. The van der Waals surface area contributed by atoms with Crippen molar-refractivity contribution in [1.29, 1.82) is 0 Å². The highest BCUT2D eigenvalue weighted by Gasteiger charge is 2.18. The van der Waals surface area contributed by atoms with Crippen LogP contribution in [-0.4, -0.2) is 24.5 Å². The summed E-state index contributed by atoms with van der Waals surface area (Å²) in [5.41, 5.74) is 0.611. The lowest BCUT2D eigenvalue weighted by Gasteiger charge is -2.12. The second-order valence-electron chi connectivity index (χ2n) is 19.2. The lowest BCUT2D eigenvalue weighted by atomic mass is 10.0. The number of benzene rings is 1. The summed E-state index contributed by atoms with van der Waals surface area (Å²) in [6, 6.07) is 4.58. The first-order valence-electron chi connectivity index (χ1n) is 30.2. The number of unbranched alkanes of at least 4 members (excludes halogenated alkanes) is 21. The first-order valence-corrected chi connectivity index (χ1v) is 30.2. The van der Waals surface area contributed by atoms with Crippen LogP contribution in [0.5, 0.6) is 11.5 Å². The molecule has 0 saturated carbocycles. The molecule has 0 N–H and O–H groups in total. The average molecular weight is 1090 g/mol. The Labute approximate surface area is 486 Å². The van der Waals surface area contributed by atoms with Crippen LogP contribution < -0.4 is 9.47 Å². The van der Waals surface area contributed by atoms with Crippen LogP contribution in [0.2, 0.25) is 0 Å². The second kappa shape index (κ2) is 56.7. The van der Waals surface area contributed by atoms with Crippen LogP contribution in [0.4, 0.5) is 0 Å². The first kappa shape index (κ1) is 71.0. The van der Waals surface area contributed by atoms with Crippen LogP contribution in [0.25, 0.3) is 5.57 Å². The van der Waals surface area contributed by atoms with Crippen LogP contribution in [-0.2, 0) is 19.1 Å². The van der Waals surface area contributed by atoms with Gasteiger partial charge in [-0.15, -0.1) is 0 Å². The van der Waals surface area contributed by atoms with Crippen molar-refractivity contribution < 1.29 is 28.6 Å². The number of esters is 3. The fourth-order valence-corrected chi connectivity index (χ4v) is 7.69. The third kappa shape index (κ3) is 45.9. The van der Waals surface area contributed by atoms with E-state index < -0.39 is 17.9 Å². The van der Waals surface area contributed by atoms with Crippen molar-refractivity contribution in [2.24, 2.45) is 0 Å². The molecule has 80 heavy (non-hydrogen) atoms. The maximum Gasteiger partial charge on any atom is 0.338 e. The van der Waals surface area contributed by atoms with Gasteiger partial charge in [0, 0.05) is 12.2 Å². The van der Waals surface area contributed by atoms with E-state index in [1.807, 2.05) is 109 Å². The van der Waals surface area contributed by atoms with Crippen LogP contribution in [0.15, 0.2) is 231 Å². The van der Waals surface area contributed by atoms with E-state index in [1.165, 1.54) is 159 Å². The highest BCUT2D eigenvalue weighted by molar-refractivity contribution is 6.17. The predicted molar refractivity (Wildman–Crippen MR) is 346 cm³/mol. The minimum Gasteiger partial charge on any atom is -0.462 e. The molecular formula is C74H100O6. The number of allylic oxidation sites excluding steroid dienone is 33. The average Bonchev–Trinajstić information content (AvgIpc) is 3.46. The molecule has 0 aromatic heterocycles. The SMILES string of the molecule is CCCCCCCCCC=CC=CC=CC=CC=CC=CC(=O)Oc1ccc(C(=CC=CC=CC=CC=CC=CCCCCCCCCC)C(=O)OCC)cc1OC(=O)C=CC=CC=CC=CC=CC=CCCCCCCCCC. The topological polar surface area (TPSA) is 78.9 Å². The normalized spacial score (nSPS) is 13.4. The summed E-state index contributed by atoms with van der Waals surface area (Å²) in [6.07, 6.45) is 96.6. The van der Waals surface area contributed by atoms with Crippen LogP contribution in [0, 0.1) is 0 Å². The third-order valence-electron chi connectivity index (χ3n) is 12.1. The molecule has 0 aliphatic rings. The lowest BCUT2D eigenvalue weighted by molar-refractivity contribution is -0.136. The molecule has 0 atom stereocenters. The van der Waals surface area contributed by atoms with E-state index >= 15 is 0 Å². The van der Waals surface area contributed by atoms with Crippen LogP contribution in [0.1, 0.15) is 187 Å². The third-order valence-corrected chi connectivity index (χ3v) is 12.1. The Hall–Kier alpha value is -7.05. The highest BCUT2D eigenvalue weighted by Crippen LogP contribution is 2.32. The lowest BCUT2D eigenvalue weighted by Crippen LogP contribution is -2.11. The highest BCUT2D eigenvalue weighted by atomic mass is 16.6. The van der Waals surface area contributed by atoms with E-state index in [2.05, 4.69) is 57.2 Å². The Balaban J connectivity index is 3.05. The van der Waals surface area contributed by atoms with Gasteiger partial charge in [-0.05, 0) is 69.2 Å². The molecule has 432 valence electrons. The maximum atomic E-state index is 13.3. The van der Waals surface area contributed by atoms with Crippen molar-refractivity contribution in [2.75, 3.05) is 6.61 Å². The molecule has 0 amide bonds. The molecule has 1 aromatic rings. The van der Waals surface area contributed by atoms with E-state index in [9.17, 15) is 14.4 Å². The molecule has 0 radical (unpaired) electrons. The van der Waals surface area contributed by atoms with Gasteiger partial charge in [0.1, 0.15) is 0 Å². The van der Waals surface area contributed by atoms with Gasteiger partial charge in [-0.1, -0.05) is 337 Å². The molecule has 1 aromatic carbocycles. The van der Waals surface area contributed by atoms with Gasteiger partial charge in [-0.3, -0.25) is 0 Å². The second-order valence-corrected chi connectivity index (χ2v) is 19.2. The van der Waals surface area contributed by atoms with E-state index in [-0.39, 0.29) is 23.7 Å². The summed E-state index contributed by atoms with van der Waals surface area (Å²) in [5, 5.41) is 0. The molecule has 6 heteroatoms. The van der Waals surface area contributed by atoms with Crippen molar-refractivity contribution in [2.45, 2.75) is 182 Å². The number of rotatable bonds is 46. The summed E-state index contributed by atoms with van der Waals surface area (Å²) in [4.78, 5) is 39.5. The molecule has 0 aliphatic heterocycles. The van der Waals surface area contributed by atoms with Crippen molar-refractivity contribution in [1.82, 2.24) is 0 Å². The van der Waals surface area contributed by atoms with Crippen molar-refractivity contribution >= 4 is 23.5 Å². The molecule has 0 spiro atoms. The summed E-state index contributed by atoms with van der Waals surface area (Å²) >= 11 is 0. The van der Waals surface area contributed by atoms with Crippen molar-refractivity contribution in [3.05, 3.63) is 236 Å². The summed E-state index contributed by atoms with van der Waals surface area (Å²) in [5.74, 6) is -2.03. The summed E-state index contributed by atoms with van der Waals surface area (Å²) < 4.78 is 16.8. The van der Waals surface area contributed by atoms with Gasteiger partial charge in [0.25, 0.3) is 0 Å². The van der Waals surface area contributed by atoms with E-state index in [1.54, 1.807) is 67.7 Å². The Bertz CT molecular complexity index is 2340. The maximum absolute atomic E-state index is 13.3. The molecule has 0 aliphatic carbocycles. The molecule has 0 saturated heterocycles. The van der Waals surface area contributed by atoms with E-state index in [0.717, 1.165) is 19.3 Å². The van der Waals surface area contributed by atoms with Gasteiger partial charge in [-0.25, -0.2) is 14.4 Å². The fourth-order valence-electron chi connectivity index (χ4n) is 7.69. The monoisotopic (exact) mass is 1080 g/mol. The van der Waals surface area contributed by atoms with E-state index in [4.69, 9.17) is 14.2 Å². The molecule has 0 fully saturated rings. The van der Waals surface area contributed by atoms with Gasteiger partial charge in [0.15, 0.2) is 11.5 Å². The zero-order valence-electron chi connectivity index (χ0n) is 49.6. The molecule has 6 nitrogen and oxygen atoms in total. The van der Waals surface area contributed by atoms with Crippen LogP contribution in [0.3, 0.4) is 0 Å². The van der Waals surface area contributed by atoms with Gasteiger partial charge >= 0.3 is 17.9 Å². The minimum absolute atomic E-state index is 0.00554. The molecular weight excluding hydrogens is 985 g/mol. The van der Waals surface area contributed by atoms with Gasteiger partial charge in [0.05, 0.1) is 12.2 Å². The van der Waals surface area contributed by atoms with E-state index in [0.29, 0.717) is 5.56 Å². The number of carbonyl (C=O) groups excluding carboxylic acids is 3. The van der Waals surface area contributed by atoms with Crippen LogP contribution >= 0.6 is 0 Å². The Morgan fingerprint density at radius 3 is 0.988 bits per heavy atom. The van der Waals surface area contributed by atoms with Crippen molar-refractivity contribution in [3.8, 4) is 11.5 Å². The zero-order chi connectivity index (χ0) is 57.7. The predicted octanol–water partition coefficient (Wildman–Crippen LogP) is 21.3. The molecule has 0 unspecified atom stereocenters. The van der Waals surface area contributed by atoms with Gasteiger partial charge in [0.2, 0.25) is 0 Å². The number of hydrogen-bond donors (Lipinski definition) is 0. The first-order chi connectivity index (χ1) is 39.5. The quantitative estimate of drug-likeness (QED) is 0.0213. The Morgan fingerprint density at radius 1 is 0.338 bits per heavy atom. The molecule has 1 rings (SSSR count). The zero-order valence-corrected chi connectivity index (χ0v) is 49.6. The summed E-state index contributed by atoms with van der Waals surface area (Å²) in [7, 11) is 0.